The fraction of sp³-hybridized carbons (Fsp3) is 0.786. The summed E-state index contributed by atoms with van der Waals surface area (Å²) in [4.78, 5) is 6.98. The maximum absolute atomic E-state index is 9.10. The van der Waals surface area contributed by atoms with E-state index in [4.69, 9.17) is 9.52 Å². The molecule has 2 unspecified atom stereocenters. The van der Waals surface area contributed by atoms with E-state index in [-0.39, 0.29) is 12.5 Å². The van der Waals surface area contributed by atoms with Crippen molar-refractivity contribution < 1.29 is 9.52 Å². The largest absolute Gasteiger partial charge is 0.449 e. The average molecular weight is 252 g/mol. The first-order valence-electron chi connectivity index (χ1n) is 7.00. The minimum atomic E-state index is 0.0704. The third-order valence-corrected chi connectivity index (χ3v) is 3.86. The van der Waals surface area contributed by atoms with Crippen molar-refractivity contribution in [3.63, 3.8) is 0 Å². The predicted molar refractivity (Wildman–Crippen MR) is 70.5 cm³/mol. The molecule has 1 saturated heterocycles. The van der Waals surface area contributed by atoms with E-state index in [1.165, 1.54) is 19.4 Å². The Morgan fingerprint density at radius 3 is 3.17 bits per heavy atom. The number of nitrogens with zero attached hydrogens (tertiary/aromatic N) is 2. The van der Waals surface area contributed by atoms with Gasteiger partial charge in [0.2, 0.25) is 0 Å². The molecule has 2 atom stereocenters. The smallest absolute Gasteiger partial charge is 0.194 e. The number of hydrogen-bond acceptors (Lipinski definition) is 4. The van der Waals surface area contributed by atoms with Crippen molar-refractivity contribution >= 4 is 0 Å². The highest BCUT2D eigenvalue weighted by atomic mass is 16.3. The van der Waals surface area contributed by atoms with Gasteiger partial charge in [0.25, 0.3) is 0 Å². The van der Waals surface area contributed by atoms with Crippen molar-refractivity contribution in [3.8, 4) is 0 Å². The second kappa shape index (κ2) is 6.34. The quantitative estimate of drug-likeness (QED) is 0.871. The van der Waals surface area contributed by atoms with E-state index >= 15 is 0 Å². The summed E-state index contributed by atoms with van der Waals surface area (Å²) in [5.41, 5.74) is 0.871. The lowest BCUT2D eigenvalue weighted by Gasteiger charge is -2.31. The van der Waals surface area contributed by atoms with Gasteiger partial charge in [-0.05, 0) is 31.8 Å². The molecule has 2 heterocycles. The fourth-order valence-corrected chi connectivity index (χ4v) is 2.59. The molecule has 4 heteroatoms. The van der Waals surface area contributed by atoms with Gasteiger partial charge in [-0.25, -0.2) is 4.98 Å². The lowest BCUT2D eigenvalue weighted by molar-refractivity contribution is 0.176. The lowest BCUT2D eigenvalue weighted by atomic mass is 9.95. The topological polar surface area (TPSA) is 49.5 Å². The second-order valence-corrected chi connectivity index (χ2v) is 5.36. The van der Waals surface area contributed by atoms with Crippen LogP contribution in [0.1, 0.15) is 44.2 Å². The van der Waals surface area contributed by atoms with Gasteiger partial charge in [0.05, 0.1) is 12.3 Å². The van der Waals surface area contributed by atoms with Gasteiger partial charge >= 0.3 is 0 Å². The van der Waals surface area contributed by atoms with Gasteiger partial charge in [-0.3, -0.25) is 0 Å². The zero-order valence-electron chi connectivity index (χ0n) is 11.4. The molecule has 0 amide bonds. The normalized spacial score (nSPS) is 23.2. The molecular weight excluding hydrogens is 228 g/mol. The van der Waals surface area contributed by atoms with Crippen LogP contribution in [0, 0.1) is 5.92 Å². The average Bonchev–Trinajstić information content (AvgIpc) is 2.86. The van der Waals surface area contributed by atoms with Crippen molar-refractivity contribution in [2.24, 2.45) is 5.92 Å². The molecule has 0 radical (unpaired) electrons. The maximum Gasteiger partial charge on any atom is 0.194 e. The highest BCUT2D eigenvalue weighted by molar-refractivity contribution is 5.03. The molecule has 0 aromatic carbocycles. The van der Waals surface area contributed by atoms with Crippen molar-refractivity contribution in [3.05, 3.63) is 17.8 Å². The summed E-state index contributed by atoms with van der Waals surface area (Å²) >= 11 is 0. The number of hydrogen-bond donors (Lipinski definition) is 1. The summed E-state index contributed by atoms with van der Waals surface area (Å²) < 4.78 is 5.52. The van der Waals surface area contributed by atoms with Gasteiger partial charge < -0.3 is 14.4 Å². The van der Waals surface area contributed by atoms with Crippen molar-refractivity contribution in [2.75, 3.05) is 26.2 Å². The Labute approximate surface area is 109 Å². The standard InChI is InChI=1S/C14H24N2O2/c1-3-16-6-4-5-12(8-16)7-14-15-13(10-18-14)11(2)9-17/h10-12,17H,3-9H2,1-2H3. The second-order valence-electron chi connectivity index (χ2n) is 5.36. The van der Waals surface area contributed by atoms with Crippen LogP contribution in [0.2, 0.25) is 0 Å². The number of rotatable bonds is 5. The van der Waals surface area contributed by atoms with E-state index in [1.54, 1.807) is 6.26 Å². The number of aliphatic hydroxyl groups excluding tert-OH is 1. The molecule has 2 rings (SSSR count). The van der Waals surface area contributed by atoms with Crippen LogP contribution in [0.4, 0.5) is 0 Å². The molecule has 0 saturated carbocycles. The molecule has 0 bridgehead atoms. The molecule has 1 aliphatic rings. The van der Waals surface area contributed by atoms with Gasteiger partial charge in [-0.1, -0.05) is 13.8 Å². The highest BCUT2D eigenvalue weighted by Gasteiger charge is 2.21. The van der Waals surface area contributed by atoms with E-state index in [9.17, 15) is 0 Å². The summed E-state index contributed by atoms with van der Waals surface area (Å²) in [6.07, 6.45) is 5.16. The molecule has 1 fully saturated rings. The molecule has 0 aliphatic carbocycles. The Balaban J connectivity index is 1.90. The van der Waals surface area contributed by atoms with Crippen LogP contribution < -0.4 is 0 Å². The van der Waals surface area contributed by atoms with E-state index in [2.05, 4.69) is 16.8 Å². The van der Waals surface area contributed by atoms with Crippen LogP contribution in [0.3, 0.4) is 0 Å². The van der Waals surface area contributed by atoms with Crippen molar-refractivity contribution in [2.45, 2.75) is 39.0 Å². The first kappa shape index (κ1) is 13.6. The zero-order chi connectivity index (χ0) is 13.0. The first-order chi connectivity index (χ1) is 8.72. The number of aliphatic hydroxyl groups is 1. The lowest BCUT2D eigenvalue weighted by Crippen LogP contribution is -2.35. The molecule has 102 valence electrons. The predicted octanol–water partition coefficient (Wildman–Crippen LogP) is 2.04. The number of piperidine rings is 1. The maximum atomic E-state index is 9.10. The number of aromatic nitrogens is 1. The molecular formula is C14H24N2O2. The summed E-state index contributed by atoms with van der Waals surface area (Å²) in [5.74, 6) is 1.56. The zero-order valence-corrected chi connectivity index (χ0v) is 11.4. The molecule has 1 N–H and O–H groups in total. The van der Waals surface area contributed by atoms with Crippen LogP contribution >= 0.6 is 0 Å². The van der Waals surface area contributed by atoms with Gasteiger partial charge in [0.1, 0.15) is 6.26 Å². The van der Waals surface area contributed by atoms with Gasteiger partial charge in [0, 0.05) is 18.9 Å². The summed E-state index contributed by atoms with van der Waals surface area (Å²) in [5, 5.41) is 9.10. The first-order valence-corrected chi connectivity index (χ1v) is 7.00. The summed E-state index contributed by atoms with van der Waals surface area (Å²) in [6, 6.07) is 0. The minimum Gasteiger partial charge on any atom is -0.449 e. The molecule has 0 spiro atoms. The van der Waals surface area contributed by atoms with Crippen LogP contribution in [0.5, 0.6) is 0 Å². The Morgan fingerprint density at radius 1 is 1.61 bits per heavy atom. The molecule has 1 aliphatic heterocycles. The third kappa shape index (κ3) is 3.33. The Bertz CT molecular complexity index is 364. The van der Waals surface area contributed by atoms with Gasteiger partial charge in [-0.2, -0.15) is 0 Å². The van der Waals surface area contributed by atoms with Gasteiger partial charge in [0.15, 0.2) is 5.89 Å². The van der Waals surface area contributed by atoms with Crippen molar-refractivity contribution in [1.82, 2.24) is 9.88 Å². The Morgan fingerprint density at radius 2 is 2.44 bits per heavy atom. The minimum absolute atomic E-state index is 0.0704. The van der Waals surface area contributed by atoms with Crippen LogP contribution in [0.15, 0.2) is 10.7 Å². The summed E-state index contributed by atoms with van der Waals surface area (Å²) in [6.45, 7) is 7.82. The van der Waals surface area contributed by atoms with Crippen molar-refractivity contribution in [1.29, 1.82) is 0 Å². The molecule has 18 heavy (non-hydrogen) atoms. The number of likely N-dealkylation sites (tertiary alicyclic amines) is 1. The Kier molecular flexibility index (Phi) is 4.78. The van der Waals surface area contributed by atoms with Crippen LogP contribution in [0.25, 0.3) is 0 Å². The van der Waals surface area contributed by atoms with Crippen LogP contribution in [-0.4, -0.2) is 41.2 Å². The van der Waals surface area contributed by atoms with E-state index in [1.807, 2.05) is 6.92 Å². The van der Waals surface area contributed by atoms with E-state index in [0.29, 0.717) is 5.92 Å². The highest BCUT2D eigenvalue weighted by Crippen LogP contribution is 2.21. The third-order valence-electron chi connectivity index (χ3n) is 3.86. The Hall–Kier alpha value is -0.870. The van der Waals surface area contributed by atoms with Crippen LogP contribution in [-0.2, 0) is 6.42 Å². The van der Waals surface area contributed by atoms with E-state index in [0.717, 1.165) is 31.1 Å². The fourth-order valence-electron chi connectivity index (χ4n) is 2.59. The summed E-state index contributed by atoms with van der Waals surface area (Å²) in [7, 11) is 0. The monoisotopic (exact) mass is 252 g/mol. The molecule has 4 nitrogen and oxygen atoms in total. The SMILES string of the molecule is CCN1CCCC(Cc2nc(C(C)CO)co2)C1. The van der Waals surface area contributed by atoms with Gasteiger partial charge in [-0.15, -0.1) is 0 Å². The number of oxazole rings is 1. The molecule has 1 aromatic heterocycles. The van der Waals surface area contributed by atoms with E-state index < -0.39 is 0 Å². The molecule has 1 aromatic rings.